The zero-order valence-electron chi connectivity index (χ0n) is 19.2. The summed E-state index contributed by atoms with van der Waals surface area (Å²) in [5.41, 5.74) is 0.866. The molecule has 1 amide bonds. The van der Waals surface area contributed by atoms with Crippen LogP contribution in [0.15, 0.2) is 36.7 Å². The molecule has 0 spiro atoms. The number of hydrogen-bond acceptors (Lipinski definition) is 6. The number of nitrogens with one attached hydrogen (secondary N) is 3. The van der Waals surface area contributed by atoms with Gasteiger partial charge in [-0.05, 0) is 38.0 Å². The Morgan fingerprint density at radius 3 is 2.51 bits per heavy atom. The number of ether oxygens (including phenoxy) is 1. The summed E-state index contributed by atoms with van der Waals surface area (Å²) in [6.45, 7) is 1.99. The van der Waals surface area contributed by atoms with E-state index in [9.17, 15) is 18.0 Å². The summed E-state index contributed by atoms with van der Waals surface area (Å²) in [7, 11) is 0. The maximum absolute atomic E-state index is 13.4. The average Bonchev–Trinajstić information content (AvgIpc) is 3.61. The minimum atomic E-state index is -4.57. The van der Waals surface area contributed by atoms with E-state index in [1.54, 1.807) is 13.0 Å². The number of carbonyl (C=O) groups excluding carboxylic acids is 1. The monoisotopic (exact) mass is 550 g/mol. The van der Waals surface area contributed by atoms with Crippen molar-refractivity contribution in [1.82, 2.24) is 19.9 Å². The number of hydrogen-bond donors (Lipinski definition) is 3. The van der Waals surface area contributed by atoms with Gasteiger partial charge >= 0.3 is 6.18 Å². The van der Waals surface area contributed by atoms with Gasteiger partial charge in [0.05, 0.1) is 44.5 Å². The number of aromatic nitrogens is 4. The summed E-state index contributed by atoms with van der Waals surface area (Å²) in [5.74, 6) is -0.397. The molecule has 1 saturated carbocycles. The fourth-order valence-electron chi connectivity index (χ4n) is 3.75. The summed E-state index contributed by atoms with van der Waals surface area (Å²) in [6.07, 6.45) is -0.200. The number of aromatic amines is 1. The van der Waals surface area contributed by atoms with Gasteiger partial charge in [0.15, 0.2) is 0 Å². The third-order valence-electron chi connectivity index (χ3n) is 5.63. The first-order valence-corrected chi connectivity index (χ1v) is 12.0. The van der Waals surface area contributed by atoms with Crippen LogP contribution in [0.3, 0.4) is 0 Å². The van der Waals surface area contributed by atoms with E-state index in [4.69, 9.17) is 27.9 Å². The summed E-state index contributed by atoms with van der Waals surface area (Å²) in [5, 5.41) is 6.04. The highest BCUT2D eigenvalue weighted by atomic mass is 35.5. The number of carbonyl (C=O) groups is 1. The van der Waals surface area contributed by atoms with Gasteiger partial charge in [-0.1, -0.05) is 23.2 Å². The molecule has 4 aromatic rings. The second kappa shape index (κ2) is 9.71. The average molecular weight is 551 g/mol. The molecule has 1 aliphatic carbocycles. The molecule has 3 aromatic heterocycles. The maximum atomic E-state index is 13.4. The van der Waals surface area contributed by atoms with Crippen LogP contribution in [0.1, 0.15) is 47.3 Å². The highest BCUT2D eigenvalue weighted by molar-refractivity contribution is 6.39. The molecule has 37 heavy (non-hydrogen) atoms. The van der Waals surface area contributed by atoms with Crippen LogP contribution < -0.4 is 15.4 Å². The number of H-pyrrole nitrogens is 1. The Morgan fingerprint density at radius 1 is 1.14 bits per heavy atom. The smallest absolute Gasteiger partial charge is 0.416 e. The van der Waals surface area contributed by atoms with Gasteiger partial charge in [-0.3, -0.25) is 9.78 Å². The SMILES string of the molecule is CCOc1cc2nc(Nc3c(Cl)cncc3Cl)[nH]c2cc1C(=O)Nc1cc(C(F)(F)F)cc(C2CC2)n1. The molecule has 0 saturated heterocycles. The summed E-state index contributed by atoms with van der Waals surface area (Å²) in [6, 6.07) is 4.91. The first kappa shape index (κ1) is 25.1. The highest BCUT2D eigenvalue weighted by Crippen LogP contribution is 2.42. The van der Waals surface area contributed by atoms with Crippen molar-refractivity contribution in [1.29, 1.82) is 0 Å². The van der Waals surface area contributed by atoms with Gasteiger partial charge in [-0.2, -0.15) is 13.2 Å². The molecule has 1 aliphatic rings. The zero-order chi connectivity index (χ0) is 26.3. The number of imidazole rings is 1. The van der Waals surface area contributed by atoms with Gasteiger partial charge in [0.2, 0.25) is 5.95 Å². The lowest BCUT2D eigenvalue weighted by molar-refractivity contribution is -0.137. The Balaban J connectivity index is 1.48. The second-order valence-electron chi connectivity index (χ2n) is 8.38. The third kappa shape index (κ3) is 5.42. The van der Waals surface area contributed by atoms with Crippen LogP contribution in [0.25, 0.3) is 11.0 Å². The van der Waals surface area contributed by atoms with Crippen molar-refractivity contribution >= 4 is 57.6 Å². The van der Waals surface area contributed by atoms with Gasteiger partial charge in [-0.15, -0.1) is 0 Å². The second-order valence-corrected chi connectivity index (χ2v) is 9.19. The number of pyridine rings is 2. The van der Waals surface area contributed by atoms with Crippen molar-refractivity contribution in [2.24, 2.45) is 0 Å². The van der Waals surface area contributed by atoms with Gasteiger partial charge in [-0.25, -0.2) is 9.97 Å². The van der Waals surface area contributed by atoms with E-state index in [0.717, 1.165) is 25.0 Å². The van der Waals surface area contributed by atoms with Crippen LogP contribution in [0.4, 0.5) is 30.6 Å². The van der Waals surface area contributed by atoms with E-state index in [0.29, 0.717) is 28.4 Å². The van der Waals surface area contributed by atoms with Crippen molar-refractivity contribution < 1.29 is 22.7 Å². The predicted molar refractivity (Wildman–Crippen MR) is 134 cm³/mol. The molecule has 3 N–H and O–H groups in total. The van der Waals surface area contributed by atoms with E-state index in [2.05, 4.69) is 30.6 Å². The highest BCUT2D eigenvalue weighted by Gasteiger charge is 2.34. The fraction of sp³-hybridized carbons (Fsp3) is 0.250. The first-order chi connectivity index (χ1) is 17.6. The molecule has 0 atom stereocenters. The first-order valence-electron chi connectivity index (χ1n) is 11.3. The van der Waals surface area contributed by atoms with E-state index in [1.807, 2.05) is 0 Å². The molecule has 0 radical (unpaired) electrons. The van der Waals surface area contributed by atoms with Crippen molar-refractivity contribution in [2.75, 3.05) is 17.2 Å². The van der Waals surface area contributed by atoms with E-state index >= 15 is 0 Å². The standard InChI is InChI=1S/C24H19Cl2F3N6O2/c1-2-37-19-8-18-17(32-23(33-18)35-21-14(25)9-30-10-15(21)26)7-13(19)22(36)34-20-6-12(24(27,28)29)5-16(31-20)11-3-4-11/h5-11H,2-4H2,1H3,(H,31,34,36)(H2,30,32,33,35). The Morgan fingerprint density at radius 2 is 1.86 bits per heavy atom. The summed E-state index contributed by atoms with van der Waals surface area (Å²) in [4.78, 5) is 28.8. The van der Waals surface area contributed by atoms with Gasteiger partial charge in [0.25, 0.3) is 5.91 Å². The van der Waals surface area contributed by atoms with E-state index in [-0.39, 0.29) is 39.7 Å². The fourth-order valence-corrected chi connectivity index (χ4v) is 4.21. The summed E-state index contributed by atoms with van der Waals surface area (Å²) >= 11 is 12.3. The van der Waals surface area contributed by atoms with Crippen LogP contribution in [0.5, 0.6) is 5.75 Å². The lowest BCUT2D eigenvalue weighted by atomic mass is 10.1. The van der Waals surface area contributed by atoms with Gasteiger partial charge in [0, 0.05) is 30.1 Å². The molecule has 0 aliphatic heterocycles. The molecule has 0 bridgehead atoms. The Hall–Kier alpha value is -3.57. The van der Waals surface area contributed by atoms with Crippen molar-refractivity contribution in [2.45, 2.75) is 31.9 Å². The van der Waals surface area contributed by atoms with Crippen molar-refractivity contribution in [3.63, 3.8) is 0 Å². The van der Waals surface area contributed by atoms with Gasteiger partial charge in [0.1, 0.15) is 11.6 Å². The maximum Gasteiger partial charge on any atom is 0.416 e. The lowest BCUT2D eigenvalue weighted by Crippen LogP contribution is -2.16. The molecule has 3 heterocycles. The summed E-state index contributed by atoms with van der Waals surface area (Å²) < 4.78 is 46.0. The van der Waals surface area contributed by atoms with E-state index < -0.39 is 17.6 Å². The van der Waals surface area contributed by atoms with Crippen LogP contribution in [0, 0.1) is 0 Å². The lowest BCUT2D eigenvalue weighted by Gasteiger charge is -2.13. The molecule has 5 rings (SSSR count). The predicted octanol–water partition coefficient (Wildman–Crippen LogP) is 6.95. The Bertz CT molecular complexity index is 1480. The number of amides is 1. The normalized spacial score (nSPS) is 13.6. The number of alkyl halides is 3. The Labute approximate surface area is 218 Å². The van der Waals surface area contributed by atoms with Gasteiger partial charge < -0.3 is 20.4 Å². The quantitative estimate of drug-likeness (QED) is 0.230. The molecule has 8 nitrogen and oxygen atoms in total. The number of rotatable bonds is 7. The molecule has 1 fully saturated rings. The van der Waals surface area contributed by atoms with Crippen LogP contribution in [0.2, 0.25) is 10.0 Å². The zero-order valence-corrected chi connectivity index (χ0v) is 20.7. The topological polar surface area (TPSA) is 105 Å². The molecule has 13 heteroatoms. The minimum absolute atomic E-state index is 0.0356. The number of nitrogens with zero attached hydrogens (tertiary/aromatic N) is 3. The number of halogens is 5. The Kier molecular flexibility index (Phi) is 6.59. The minimum Gasteiger partial charge on any atom is -0.493 e. The largest absolute Gasteiger partial charge is 0.493 e. The molecule has 1 aromatic carbocycles. The van der Waals surface area contributed by atoms with Crippen molar-refractivity contribution in [3.05, 3.63) is 63.5 Å². The molecular formula is C24H19Cl2F3N6O2. The van der Waals surface area contributed by atoms with E-state index in [1.165, 1.54) is 18.5 Å². The molecule has 192 valence electrons. The number of anilines is 3. The van der Waals surface area contributed by atoms with Crippen LogP contribution in [-0.2, 0) is 6.18 Å². The molecular weight excluding hydrogens is 532 g/mol. The molecule has 0 unspecified atom stereocenters. The third-order valence-corrected chi connectivity index (χ3v) is 6.21. The van der Waals surface area contributed by atoms with Crippen molar-refractivity contribution in [3.8, 4) is 5.75 Å². The number of benzene rings is 1. The van der Waals surface area contributed by atoms with Crippen LogP contribution in [-0.4, -0.2) is 32.4 Å². The number of fused-ring (bicyclic) bond motifs is 1. The van der Waals surface area contributed by atoms with Crippen LogP contribution >= 0.6 is 23.2 Å².